The molecule has 0 bridgehead atoms. The maximum atomic E-state index is 8.25. The van der Waals surface area contributed by atoms with Crippen LogP contribution in [-0.2, 0) is 0 Å². The Bertz CT molecular complexity index is 1100. The number of thioether (sulfide) groups is 2. The predicted octanol–water partition coefficient (Wildman–Crippen LogP) is 7.58. The average molecular weight is 771 g/mol. The minimum atomic E-state index is -1.75. The third kappa shape index (κ3) is 40.4. The molecule has 0 saturated heterocycles. The van der Waals surface area contributed by atoms with E-state index in [0.717, 1.165) is 32.9 Å². The Labute approximate surface area is 317 Å². The number of hydrogen-bond acceptors (Lipinski definition) is 10. The average Bonchev–Trinajstić information content (AvgIpc) is 3.07. The summed E-state index contributed by atoms with van der Waals surface area (Å²) in [7, 11) is 0. The van der Waals surface area contributed by atoms with E-state index in [1.807, 2.05) is 60.2 Å². The van der Waals surface area contributed by atoms with Gasteiger partial charge in [0.15, 0.2) is 24.3 Å². The fourth-order valence-corrected chi connectivity index (χ4v) is 6.36. The molecule has 0 amide bonds. The van der Waals surface area contributed by atoms with E-state index in [1.165, 1.54) is 116 Å². The van der Waals surface area contributed by atoms with Crippen molar-refractivity contribution in [3.05, 3.63) is 67.3 Å². The van der Waals surface area contributed by atoms with Crippen LogP contribution in [0.15, 0.2) is 56.7 Å². The Morgan fingerprint density at radius 3 is 1.04 bits per heavy atom. The summed E-state index contributed by atoms with van der Waals surface area (Å²) in [5.74, 6) is 2.49. The molecule has 0 unspecified atom stereocenters. The normalized spacial score (nSPS) is 9.88. The van der Waals surface area contributed by atoms with E-state index in [1.54, 1.807) is 0 Å². The second kappa shape index (κ2) is 36.7. The van der Waals surface area contributed by atoms with Crippen LogP contribution >= 0.6 is 23.5 Å². The molecule has 0 aliphatic heterocycles. The van der Waals surface area contributed by atoms with Gasteiger partial charge in [-0.2, -0.15) is 0 Å². The van der Waals surface area contributed by atoms with Gasteiger partial charge in [0.05, 0.1) is 10.2 Å². The lowest BCUT2D eigenvalue weighted by Gasteiger charge is -2.01. The monoisotopic (exact) mass is 770 g/mol. The molecular formula is C34H62N10O6S2. The molecule has 296 valence electrons. The number of nitrogens with two attached hydrogens (primary N) is 4. The van der Waals surface area contributed by atoms with Gasteiger partial charge in [-0.25, -0.2) is 20.0 Å². The molecule has 2 aromatic rings. The molecule has 52 heavy (non-hydrogen) atoms. The van der Waals surface area contributed by atoms with E-state index in [2.05, 4.69) is 33.8 Å². The predicted molar refractivity (Wildman–Crippen MR) is 214 cm³/mol. The van der Waals surface area contributed by atoms with E-state index in [-0.39, 0.29) is 11.9 Å². The van der Waals surface area contributed by atoms with E-state index in [4.69, 9.17) is 53.6 Å². The summed E-state index contributed by atoms with van der Waals surface area (Å²) in [5, 5.41) is 31.8. The van der Waals surface area contributed by atoms with Crippen molar-refractivity contribution in [1.82, 2.24) is 0 Å². The topological polar surface area (TPSA) is 289 Å². The summed E-state index contributed by atoms with van der Waals surface area (Å²) >= 11 is 3.71. The van der Waals surface area contributed by atoms with Crippen molar-refractivity contribution in [2.75, 3.05) is 11.5 Å². The number of guanidine groups is 2. The summed E-state index contributed by atoms with van der Waals surface area (Å²) in [6, 6.07) is 7.91. The van der Waals surface area contributed by atoms with Crippen LogP contribution in [0.4, 0.5) is 11.4 Å². The number of nitrogens with zero attached hydrogens (tertiary/aromatic N) is 4. The molecule has 2 rings (SSSR count). The maximum absolute atomic E-state index is 8.25. The van der Waals surface area contributed by atoms with E-state index in [9.17, 15) is 0 Å². The maximum Gasteiger partial charge on any atom is 0.238 e. The van der Waals surface area contributed by atoms with Gasteiger partial charge in [-0.15, -0.1) is 0 Å². The molecule has 0 fully saturated rings. The number of aliphatic imine (C=N–C) groups is 2. The van der Waals surface area contributed by atoms with Crippen molar-refractivity contribution in [3.63, 3.8) is 0 Å². The Hall–Kier alpha value is -4.06. The van der Waals surface area contributed by atoms with Gasteiger partial charge in [0.25, 0.3) is 0 Å². The number of aromatic amines is 2. The zero-order valence-electron chi connectivity index (χ0n) is 31.0. The van der Waals surface area contributed by atoms with Crippen molar-refractivity contribution in [2.45, 2.75) is 139 Å². The van der Waals surface area contributed by atoms with E-state index in [0.29, 0.717) is 0 Å². The van der Waals surface area contributed by atoms with Crippen molar-refractivity contribution in [1.29, 1.82) is 0 Å². The number of pyridine rings is 2. The first-order valence-electron chi connectivity index (χ1n) is 18.0. The number of H-pyrrole nitrogens is 2. The zero-order chi connectivity index (χ0) is 39.2. The summed E-state index contributed by atoms with van der Waals surface area (Å²) in [4.78, 5) is 30.9. The molecule has 0 aromatic carbocycles. The largest absolute Gasteiger partial charge is 0.370 e. The van der Waals surface area contributed by atoms with Crippen LogP contribution in [0.2, 0.25) is 0 Å². The highest BCUT2D eigenvalue weighted by Gasteiger charge is 2.04. The second-order valence-corrected chi connectivity index (χ2v) is 14.0. The van der Waals surface area contributed by atoms with Gasteiger partial charge < -0.3 is 53.6 Å². The minimum absolute atomic E-state index is 0.0866. The number of hydrogen-bond donors (Lipinski definition) is 4. The quantitative estimate of drug-likeness (QED) is 0.0201. The van der Waals surface area contributed by atoms with Gasteiger partial charge in [-0.1, -0.05) is 140 Å². The molecule has 18 heteroatoms. The summed E-state index contributed by atoms with van der Waals surface area (Å²) in [6.07, 6.45) is 28.4. The second-order valence-electron chi connectivity index (χ2n) is 11.7. The van der Waals surface area contributed by atoms with Gasteiger partial charge in [0.2, 0.25) is 10.1 Å². The Morgan fingerprint density at radius 2 is 0.808 bits per heavy atom. The van der Waals surface area contributed by atoms with Crippen LogP contribution in [0.5, 0.6) is 0 Å². The van der Waals surface area contributed by atoms with Gasteiger partial charge >= 0.3 is 0 Å². The zero-order valence-corrected chi connectivity index (χ0v) is 32.6. The molecule has 0 spiro atoms. The summed E-state index contributed by atoms with van der Waals surface area (Å²) in [6.45, 7) is 4.53. The Balaban J connectivity index is 0. The molecule has 2 heterocycles. The fourth-order valence-electron chi connectivity index (χ4n) is 4.61. The lowest BCUT2D eigenvalue weighted by atomic mass is 10.1. The molecule has 2 aromatic heterocycles. The molecular weight excluding hydrogens is 709 g/mol. The van der Waals surface area contributed by atoms with Crippen LogP contribution < -0.4 is 32.9 Å². The molecule has 0 atom stereocenters. The van der Waals surface area contributed by atoms with Gasteiger partial charge in [-0.3, -0.25) is 0 Å². The van der Waals surface area contributed by atoms with Crippen LogP contribution in [0.3, 0.4) is 0 Å². The number of nitrogens with one attached hydrogen (secondary N) is 2. The molecule has 16 nitrogen and oxygen atoms in total. The lowest BCUT2D eigenvalue weighted by Crippen LogP contribution is -2.22. The third-order valence-electron chi connectivity index (χ3n) is 7.06. The third-order valence-corrected chi connectivity index (χ3v) is 9.18. The highest BCUT2D eigenvalue weighted by Crippen LogP contribution is 2.19. The van der Waals surface area contributed by atoms with Gasteiger partial charge in [0, 0.05) is 23.6 Å². The number of unbranched alkanes of at least 4 members (excludes halogenated alkanes) is 16. The van der Waals surface area contributed by atoms with E-state index >= 15 is 0 Å². The minimum Gasteiger partial charge on any atom is -0.370 e. The van der Waals surface area contributed by atoms with Crippen LogP contribution in [0, 0.1) is 30.6 Å². The van der Waals surface area contributed by atoms with E-state index < -0.39 is 10.2 Å². The lowest BCUT2D eigenvalue weighted by molar-refractivity contribution is -0.426. The Morgan fingerprint density at radius 1 is 0.538 bits per heavy atom. The molecule has 0 aliphatic rings. The fraction of sp³-hybridized carbons (Fsp3) is 0.647. The van der Waals surface area contributed by atoms with Gasteiger partial charge in [0.1, 0.15) is 11.4 Å². The smallest absolute Gasteiger partial charge is 0.238 e. The SMILES string of the molecule is CCCCCCCCCCCSc1ccc(N=C(N)N)c[nH+]1.CCCCCCCCCCCSc1ccc(N=C(N)N)c[nH+]1.O=[N+]([O-])[O-].O=[N+]([O-])[O-]. The van der Waals surface area contributed by atoms with Crippen LogP contribution in [0.25, 0.3) is 0 Å². The number of rotatable bonds is 24. The highest BCUT2D eigenvalue weighted by atomic mass is 32.2. The molecule has 0 saturated carbocycles. The molecule has 0 aliphatic carbocycles. The number of aromatic nitrogens is 2. The van der Waals surface area contributed by atoms with Gasteiger partial charge in [-0.05, 0) is 25.0 Å². The van der Waals surface area contributed by atoms with Crippen molar-refractivity contribution >= 4 is 46.8 Å². The first-order valence-corrected chi connectivity index (χ1v) is 20.0. The molecule has 10 N–H and O–H groups in total. The summed E-state index contributed by atoms with van der Waals surface area (Å²) < 4.78 is 0. The first kappa shape index (κ1) is 50.0. The van der Waals surface area contributed by atoms with Crippen molar-refractivity contribution < 1.29 is 20.1 Å². The van der Waals surface area contributed by atoms with Crippen molar-refractivity contribution in [2.24, 2.45) is 32.9 Å². The first-order chi connectivity index (χ1) is 24.9. The van der Waals surface area contributed by atoms with Crippen molar-refractivity contribution in [3.8, 4) is 0 Å². The summed E-state index contributed by atoms with van der Waals surface area (Å²) in [5.41, 5.74) is 22.9. The van der Waals surface area contributed by atoms with Crippen LogP contribution in [0.1, 0.15) is 129 Å². The highest BCUT2D eigenvalue weighted by molar-refractivity contribution is 7.99. The van der Waals surface area contributed by atoms with Crippen LogP contribution in [-0.4, -0.2) is 33.6 Å². The standard InChI is InChI=1S/2C17H30N4S.2NO3/c2*1-2-3-4-5-6-7-8-9-10-13-22-16-12-11-15(14-20-16)21-17(18)19;2*2-1(3)4/h2*11-12,14H,2-10,13H2,1H3,(H4,18,19,21);;/q;;2*-1/p+2. The molecule has 0 radical (unpaired) electrons. The Kier molecular flexibility index (Phi) is 35.3.